The van der Waals surface area contributed by atoms with Crippen molar-refractivity contribution in [1.29, 1.82) is 0 Å². The van der Waals surface area contributed by atoms with E-state index in [1.165, 1.54) is 38.5 Å². The van der Waals surface area contributed by atoms with Gasteiger partial charge in [-0.2, -0.15) is 0 Å². The van der Waals surface area contributed by atoms with E-state index >= 15 is 0 Å². The number of rotatable bonds is 10. The number of likely N-dealkylation sites (N-methyl/N-ethyl adjacent to an activating group) is 1. The van der Waals surface area contributed by atoms with E-state index in [4.69, 9.17) is 14.2 Å². The van der Waals surface area contributed by atoms with E-state index in [-0.39, 0.29) is 5.60 Å². The molecule has 0 radical (unpaired) electrons. The van der Waals surface area contributed by atoms with Gasteiger partial charge in [0.25, 0.3) is 0 Å². The summed E-state index contributed by atoms with van der Waals surface area (Å²) in [5.41, 5.74) is 0.224. The minimum absolute atomic E-state index is 0.224. The molecule has 0 aromatic rings. The van der Waals surface area contributed by atoms with Gasteiger partial charge in [-0.1, -0.05) is 0 Å². The molecule has 4 rings (SSSR count). The van der Waals surface area contributed by atoms with Crippen LogP contribution in [0.2, 0.25) is 0 Å². The first-order valence-electron chi connectivity index (χ1n) is 8.74. The molecule has 0 atom stereocenters. The summed E-state index contributed by atoms with van der Waals surface area (Å²) in [6.07, 6.45) is 8.36. The Balaban J connectivity index is 1.26. The van der Waals surface area contributed by atoms with Gasteiger partial charge < -0.3 is 19.5 Å². The number of ether oxygens (including phenoxy) is 3. The van der Waals surface area contributed by atoms with Crippen molar-refractivity contribution in [2.75, 3.05) is 46.6 Å². The van der Waals surface area contributed by atoms with Crippen LogP contribution in [-0.4, -0.2) is 52.2 Å². The monoisotopic (exact) mass is 297 g/mol. The van der Waals surface area contributed by atoms with Crippen molar-refractivity contribution in [2.45, 2.75) is 44.1 Å². The highest BCUT2D eigenvalue weighted by atomic mass is 16.5. The third-order valence-electron chi connectivity index (χ3n) is 5.49. The van der Waals surface area contributed by atoms with E-state index in [9.17, 15) is 0 Å². The lowest BCUT2D eigenvalue weighted by Crippen LogP contribution is -2.52. The van der Waals surface area contributed by atoms with Crippen molar-refractivity contribution >= 4 is 0 Å². The van der Waals surface area contributed by atoms with Crippen LogP contribution in [0.4, 0.5) is 0 Å². The quantitative estimate of drug-likeness (QED) is 0.628. The average molecular weight is 297 g/mol. The van der Waals surface area contributed by atoms with Gasteiger partial charge in [-0.25, -0.2) is 0 Å². The summed E-state index contributed by atoms with van der Waals surface area (Å²) in [6.45, 7) is 4.46. The molecule has 0 unspecified atom stereocenters. The van der Waals surface area contributed by atoms with Gasteiger partial charge in [0.1, 0.15) is 0 Å². The van der Waals surface area contributed by atoms with Crippen LogP contribution in [-0.2, 0) is 14.2 Å². The van der Waals surface area contributed by atoms with Crippen LogP contribution in [0.25, 0.3) is 0 Å². The Morgan fingerprint density at radius 3 is 1.90 bits per heavy atom. The molecule has 0 spiro atoms. The van der Waals surface area contributed by atoms with Crippen LogP contribution in [0.3, 0.4) is 0 Å². The summed E-state index contributed by atoms with van der Waals surface area (Å²) >= 11 is 0. The van der Waals surface area contributed by atoms with Gasteiger partial charge >= 0.3 is 0 Å². The molecule has 0 aromatic carbocycles. The Morgan fingerprint density at radius 2 is 1.33 bits per heavy atom. The van der Waals surface area contributed by atoms with E-state index < -0.39 is 0 Å². The van der Waals surface area contributed by atoms with Gasteiger partial charge in [-0.05, 0) is 63.3 Å². The Bertz CT molecular complexity index is 286. The van der Waals surface area contributed by atoms with Crippen molar-refractivity contribution in [3.05, 3.63) is 0 Å². The molecule has 0 aliphatic heterocycles. The van der Waals surface area contributed by atoms with Crippen LogP contribution in [0.1, 0.15) is 38.5 Å². The topological polar surface area (TPSA) is 39.7 Å². The van der Waals surface area contributed by atoms with Gasteiger partial charge in [0.05, 0.1) is 38.6 Å². The minimum Gasteiger partial charge on any atom is -0.378 e. The van der Waals surface area contributed by atoms with Crippen LogP contribution in [0.5, 0.6) is 0 Å². The highest BCUT2D eigenvalue weighted by Gasteiger charge is 2.51. The maximum Gasteiger partial charge on any atom is 0.0708 e. The summed E-state index contributed by atoms with van der Waals surface area (Å²) in [6, 6.07) is 0. The lowest BCUT2D eigenvalue weighted by atomic mass is 9.54. The predicted molar refractivity (Wildman–Crippen MR) is 82.4 cm³/mol. The summed E-state index contributed by atoms with van der Waals surface area (Å²) in [5.74, 6) is 2.87. The molecule has 122 valence electrons. The van der Waals surface area contributed by atoms with Gasteiger partial charge in [-0.15, -0.1) is 0 Å². The summed E-state index contributed by atoms with van der Waals surface area (Å²) in [7, 11) is 1.93. The normalized spacial score (nSPS) is 37.3. The van der Waals surface area contributed by atoms with Crippen molar-refractivity contribution in [3.63, 3.8) is 0 Å². The lowest BCUT2D eigenvalue weighted by molar-refractivity contribution is -0.169. The molecular formula is C17H31NO3. The highest BCUT2D eigenvalue weighted by molar-refractivity contribution is 5.03. The molecule has 21 heavy (non-hydrogen) atoms. The lowest BCUT2D eigenvalue weighted by Gasteiger charge is -2.56. The van der Waals surface area contributed by atoms with Crippen molar-refractivity contribution in [3.8, 4) is 0 Å². The second kappa shape index (κ2) is 7.40. The summed E-state index contributed by atoms with van der Waals surface area (Å²) in [4.78, 5) is 0. The molecule has 1 N–H and O–H groups in total. The van der Waals surface area contributed by atoms with Crippen LogP contribution in [0.15, 0.2) is 0 Å². The van der Waals surface area contributed by atoms with Crippen LogP contribution < -0.4 is 5.32 Å². The van der Waals surface area contributed by atoms with Crippen LogP contribution in [0, 0.1) is 17.8 Å². The zero-order valence-electron chi connectivity index (χ0n) is 13.4. The Labute approximate surface area is 128 Å². The molecule has 4 nitrogen and oxygen atoms in total. The molecule has 4 aliphatic carbocycles. The largest absolute Gasteiger partial charge is 0.378 e. The van der Waals surface area contributed by atoms with Crippen molar-refractivity contribution < 1.29 is 14.2 Å². The maximum absolute atomic E-state index is 6.31. The molecule has 4 aliphatic rings. The molecule has 4 fully saturated rings. The van der Waals surface area contributed by atoms with E-state index in [2.05, 4.69) is 5.32 Å². The number of hydrogen-bond donors (Lipinski definition) is 1. The van der Waals surface area contributed by atoms with Gasteiger partial charge in [-0.3, -0.25) is 0 Å². The fourth-order valence-electron chi connectivity index (χ4n) is 5.02. The Kier molecular flexibility index (Phi) is 5.54. The van der Waals surface area contributed by atoms with E-state index in [0.717, 1.165) is 37.5 Å². The van der Waals surface area contributed by atoms with Gasteiger partial charge in [0.15, 0.2) is 0 Å². The van der Waals surface area contributed by atoms with E-state index in [0.29, 0.717) is 19.8 Å². The second-order valence-electron chi connectivity index (χ2n) is 7.28. The second-order valence-corrected chi connectivity index (χ2v) is 7.28. The first-order valence-corrected chi connectivity index (χ1v) is 8.74. The van der Waals surface area contributed by atoms with Crippen molar-refractivity contribution in [1.82, 2.24) is 5.32 Å². The molecule has 4 bridgehead atoms. The molecule has 0 amide bonds. The fourth-order valence-corrected chi connectivity index (χ4v) is 5.02. The van der Waals surface area contributed by atoms with E-state index in [1.54, 1.807) is 0 Å². The zero-order chi connectivity index (χ0) is 14.5. The predicted octanol–water partition coefficient (Wildman–Crippen LogP) is 2.22. The SMILES string of the molecule is CNCCOCCOCCOC12CC3CC(CC(C3)C1)C2. The van der Waals surface area contributed by atoms with Gasteiger partial charge in [0, 0.05) is 6.54 Å². The average Bonchev–Trinajstić information content (AvgIpc) is 2.44. The zero-order valence-corrected chi connectivity index (χ0v) is 13.4. The third-order valence-corrected chi connectivity index (χ3v) is 5.49. The van der Waals surface area contributed by atoms with Gasteiger partial charge in [0.2, 0.25) is 0 Å². The molecule has 0 saturated heterocycles. The van der Waals surface area contributed by atoms with Crippen molar-refractivity contribution in [2.24, 2.45) is 17.8 Å². The highest BCUT2D eigenvalue weighted by Crippen LogP contribution is 2.57. The number of nitrogens with one attached hydrogen (secondary N) is 1. The number of hydrogen-bond acceptors (Lipinski definition) is 4. The minimum atomic E-state index is 0.224. The third kappa shape index (κ3) is 4.19. The standard InChI is InChI=1S/C17H31NO3/c1-18-2-3-19-4-5-20-6-7-21-17-11-14-8-15(12-17)10-16(9-14)13-17/h14-16,18H,2-13H2,1H3. The maximum atomic E-state index is 6.31. The summed E-state index contributed by atoms with van der Waals surface area (Å²) < 4.78 is 17.3. The Hall–Kier alpha value is -0.160. The molecule has 4 saturated carbocycles. The van der Waals surface area contributed by atoms with E-state index in [1.807, 2.05) is 7.05 Å². The molecule has 0 aromatic heterocycles. The first kappa shape index (κ1) is 15.7. The smallest absolute Gasteiger partial charge is 0.0708 e. The summed E-state index contributed by atoms with van der Waals surface area (Å²) in [5, 5.41) is 3.06. The Morgan fingerprint density at radius 1 is 0.810 bits per heavy atom. The molecule has 4 heteroatoms. The fraction of sp³-hybridized carbons (Fsp3) is 1.00. The molecule has 0 heterocycles. The molecular weight excluding hydrogens is 266 g/mol. The van der Waals surface area contributed by atoms with Crippen LogP contribution >= 0.6 is 0 Å². The first-order chi connectivity index (χ1) is 10.3.